The van der Waals surface area contributed by atoms with Crippen molar-refractivity contribution < 1.29 is 14.3 Å². The maximum atomic E-state index is 11.9. The van der Waals surface area contributed by atoms with Gasteiger partial charge < -0.3 is 20.1 Å². The molecule has 0 saturated carbocycles. The van der Waals surface area contributed by atoms with Crippen LogP contribution in [0.15, 0.2) is 30.0 Å². The summed E-state index contributed by atoms with van der Waals surface area (Å²) in [4.78, 5) is 11.9. The lowest BCUT2D eigenvalue weighted by Crippen LogP contribution is -2.28. The molecule has 0 spiro atoms. The maximum absolute atomic E-state index is 11.9. The zero-order valence-electron chi connectivity index (χ0n) is 13.3. The second kappa shape index (κ2) is 8.57. The van der Waals surface area contributed by atoms with Gasteiger partial charge in [0.2, 0.25) is 0 Å². The summed E-state index contributed by atoms with van der Waals surface area (Å²) >= 11 is 0. The van der Waals surface area contributed by atoms with Gasteiger partial charge in [-0.3, -0.25) is 4.79 Å². The van der Waals surface area contributed by atoms with Gasteiger partial charge in [-0.15, -0.1) is 0 Å². The van der Waals surface area contributed by atoms with Gasteiger partial charge in [-0.1, -0.05) is 13.8 Å². The summed E-state index contributed by atoms with van der Waals surface area (Å²) in [5.41, 5.74) is 0.594. The zero-order chi connectivity index (χ0) is 16.5. The highest BCUT2D eigenvalue weighted by molar-refractivity contribution is 5.97. The number of nitrogens with zero attached hydrogens (tertiary/aromatic N) is 1. The summed E-state index contributed by atoms with van der Waals surface area (Å²) in [6.45, 7) is 4.48. The summed E-state index contributed by atoms with van der Waals surface area (Å²) < 4.78 is 10.4. The first-order chi connectivity index (χ1) is 10.5. The number of benzene rings is 1. The molecule has 0 aliphatic rings. The number of nitrogens with one attached hydrogen (secondary N) is 2. The molecule has 118 valence electrons. The molecular formula is C16H21N3O3. The van der Waals surface area contributed by atoms with Gasteiger partial charge in [0.25, 0.3) is 5.91 Å². The number of rotatable bonds is 7. The first-order valence-corrected chi connectivity index (χ1v) is 6.88. The van der Waals surface area contributed by atoms with E-state index in [4.69, 9.17) is 14.7 Å². The molecule has 0 aliphatic carbocycles. The average molecular weight is 303 g/mol. The van der Waals surface area contributed by atoms with Crippen molar-refractivity contribution in [3.05, 3.63) is 30.0 Å². The molecule has 6 heteroatoms. The van der Waals surface area contributed by atoms with Crippen LogP contribution in [-0.2, 0) is 4.79 Å². The lowest BCUT2D eigenvalue weighted by Gasteiger charge is -2.11. The first kappa shape index (κ1) is 17.4. The van der Waals surface area contributed by atoms with Crippen LogP contribution in [0.1, 0.15) is 13.8 Å². The fourth-order valence-corrected chi connectivity index (χ4v) is 1.62. The highest BCUT2D eigenvalue weighted by atomic mass is 16.5. The Morgan fingerprint density at radius 1 is 1.36 bits per heavy atom. The molecule has 0 unspecified atom stereocenters. The van der Waals surface area contributed by atoms with Crippen LogP contribution < -0.4 is 20.1 Å². The number of anilines is 1. The van der Waals surface area contributed by atoms with E-state index in [9.17, 15) is 4.79 Å². The minimum atomic E-state index is -0.412. The van der Waals surface area contributed by atoms with Crippen LogP contribution in [0.4, 0.5) is 5.69 Å². The minimum Gasteiger partial charge on any atom is -0.497 e. The van der Waals surface area contributed by atoms with Crippen LogP contribution in [0, 0.1) is 17.2 Å². The molecule has 0 bridgehead atoms. The van der Waals surface area contributed by atoms with E-state index in [0.717, 1.165) is 0 Å². The van der Waals surface area contributed by atoms with E-state index in [0.29, 0.717) is 29.6 Å². The van der Waals surface area contributed by atoms with Crippen LogP contribution in [0.5, 0.6) is 11.5 Å². The van der Waals surface area contributed by atoms with Crippen molar-refractivity contribution >= 4 is 11.6 Å². The lowest BCUT2D eigenvalue weighted by atomic mass is 10.2. The second-order valence-electron chi connectivity index (χ2n) is 4.98. The molecule has 0 heterocycles. The van der Waals surface area contributed by atoms with Gasteiger partial charge in [-0.2, -0.15) is 5.26 Å². The Balaban J connectivity index is 2.88. The number of nitriles is 1. The predicted molar refractivity (Wildman–Crippen MR) is 84.7 cm³/mol. The molecule has 0 radical (unpaired) electrons. The van der Waals surface area contributed by atoms with Crippen LogP contribution in [0.2, 0.25) is 0 Å². The number of ether oxygens (including phenoxy) is 2. The van der Waals surface area contributed by atoms with Gasteiger partial charge in [-0.25, -0.2) is 0 Å². The molecule has 1 amide bonds. The van der Waals surface area contributed by atoms with E-state index in [1.807, 2.05) is 19.9 Å². The van der Waals surface area contributed by atoms with Crippen LogP contribution in [-0.4, -0.2) is 26.7 Å². The minimum absolute atomic E-state index is 0.00878. The van der Waals surface area contributed by atoms with Gasteiger partial charge in [0.1, 0.15) is 23.1 Å². The monoisotopic (exact) mass is 303 g/mol. The second-order valence-corrected chi connectivity index (χ2v) is 4.98. The Kier molecular flexibility index (Phi) is 6.77. The van der Waals surface area contributed by atoms with Crippen LogP contribution in [0.25, 0.3) is 0 Å². The number of carbonyl (C=O) groups is 1. The van der Waals surface area contributed by atoms with E-state index in [2.05, 4.69) is 10.6 Å². The van der Waals surface area contributed by atoms with Crippen molar-refractivity contribution in [3.63, 3.8) is 0 Å². The number of hydrogen-bond acceptors (Lipinski definition) is 5. The molecular weight excluding hydrogens is 282 g/mol. The Hall–Kier alpha value is -2.68. The molecule has 2 N–H and O–H groups in total. The molecule has 22 heavy (non-hydrogen) atoms. The molecule has 0 aliphatic heterocycles. The summed E-state index contributed by atoms with van der Waals surface area (Å²) in [6, 6.07) is 7.09. The fourth-order valence-electron chi connectivity index (χ4n) is 1.62. The summed E-state index contributed by atoms with van der Waals surface area (Å²) in [6.07, 6.45) is 1.35. The number of hydrogen-bond donors (Lipinski definition) is 2. The van der Waals surface area contributed by atoms with Crippen molar-refractivity contribution in [2.75, 3.05) is 26.1 Å². The highest BCUT2D eigenvalue weighted by Crippen LogP contribution is 2.28. The Morgan fingerprint density at radius 3 is 2.64 bits per heavy atom. The molecule has 0 saturated heterocycles. The normalized spacial score (nSPS) is 10.8. The zero-order valence-corrected chi connectivity index (χ0v) is 13.3. The van der Waals surface area contributed by atoms with Crippen LogP contribution >= 0.6 is 0 Å². The molecule has 1 rings (SSSR count). The topological polar surface area (TPSA) is 83.4 Å². The third-order valence-electron chi connectivity index (χ3n) is 2.81. The Bertz CT molecular complexity index is 589. The molecule has 0 fully saturated rings. The van der Waals surface area contributed by atoms with Gasteiger partial charge >= 0.3 is 0 Å². The van der Waals surface area contributed by atoms with E-state index >= 15 is 0 Å². The number of methoxy groups -OCH3 is 2. The van der Waals surface area contributed by atoms with E-state index in [-0.39, 0.29) is 5.57 Å². The number of carbonyl (C=O) groups excluding carboxylic acids is 1. The SMILES string of the molecule is COc1ccc(OC)c(N/C=C(/C#N)C(=O)NCC(C)C)c1. The molecule has 6 nitrogen and oxygen atoms in total. The van der Waals surface area contributed by atoms with E-state index in [1.54, 1.807) is 25.3 Å². The van der Waals surface area contributed by atoms with Crippen molar-refractivity contribution in [3.8, 4) is 17.6 Å². The van der Waals surface area contributed by atoms with Gasteiger partial charge in [-0.05, 0) is 18.1 Å². The van der Waals surface area contributed by atoms with Crippen molar-refractivity contribution in [1.29, 1.82) is 5.26 Å². The lowest BCUT2D eigenvalue weighted by molar-refractivity contribution is -0.117. The average Bonchev–Trinajstić information content (AvgIpc) is 2.53. The summed E-state index contributed by atoms with van der Waals surface area (Å²) in [5.74, 6) is 1.12. The third kappa shape index (κ3) is 5.02. The van der Waals surface area contributed by atoms with Crippen molar-refractivity contribution in [2.45, 2.75) is 13.8 Å². The van der Waals surface area contributed by atoms with Gasteiger partial charge in [0, 0.05) is 18.8 Å². The van der Waals surface area contributed by atoms with Crippen LogP contribution in [0.3, 0.4) is 0 Å². The third-order valence-corrected chi connectivity index (χ3v) is 2.81. The quantitative estimate of drug-likeness (QED) is 0.596. The Morgan fingerprint density at radius 2 is 2.09 bits per heavy atom. The van der Waals surface area contributed by atoms with Gasteiger partial charge in [0.05, 0.1) is 19.9 Å². The summed E-state index contributed by atoms with van der Waals surface area (Å²) in [5, 5.41) is 14.7. The van der Waals surface area contributed by atoms with Crippen molar-refractivity contribution in [2.24, 2.45) is 5.92 Å². The Labute approximate surface area is 130 Å². The molecule has 1 aromatic carbocycles. The van der Waals surface area contributed by atoms with E-state index in [1.165, 1.54) is 13.3 Å². The predicted octanol–water partition coefficient (Wildman–Crippen LogP) is 2.30. The standard InChI is InChI=1S/C16H21N3O3/c1-11(2)9-19-16(20)12(8-17)10-18-14-7-13(21-3)5-6-15(14)22-4/h5-7,10-11,18H,9H2,1-4H3,(H,19,20)/b12-10-. The summed E-state index contributed by atoms with van der Waals surface area (Å²) in [7, 11) is 3.10. The maximum Gasteiger partial charge on any atom is 0.263 e. The fraction of sp³-hybridized carbons (Fsp3) is 0.375. The number of amides is 1. The highest BCUT2D eigenvalue weighted by Gasteiger charge is 2.10. The first-order valence-electron chi connectivity index (χ1n) is 6.88. The molecule has 1 aromatic rings. The van der Waals surface area contributed by atoms with Crippen molar-refractivity contribution in [1.82, 2.24) is 5.32 Å². The molecule has 0 aromatic heterocycles. The molecule has 0 atom stereocenters. The smallest absolute Gasteiger partial charge is 0.263 e. The van der Waals surface area contributed by atoms with E-state index < -0.39 is 5.91 Å². The largest absolute Gasteiger partial charge is 0.497 e. The van der Waals surface area contributed by atoms with Gasteiger partial charge in [0.15, 0.2) is 0 Å².